The van der Waals surface area contributed by atoms with Crippen molar-refractivity contribution in [2.45, 2.75) is 26.9 Å². The Balaban J connectivity index is 3.61. The molecule has 0 atom stereocenters. The Morgan fingerprint density at radius 2 is 2.11 bits per heavy atom. The molecule has 0 bridgehead atoms. The lowest BCUT2D eigenvalue weighted by atomic mass is 10.4. The second-order valence-corrected chi connectivity index (χ2v) is 2.18. The van der Waals surface area contributed by atoms with Crippen molar-refractivity contribution in [3.8, 4) is 0 Å². The van der Waals surface area contributed by atoms with E-state index in [-0.39, 0.29) is 6.10 Å². The van der Waals surface area contributed by atoms with Gasteiger partial charge >= 0.3 is 0 Å². The largest absolute Gasteiger partial charge is 0.496 e. The molecule has 0 aliphatic rings. The average molecular weight is 126 g/mol. The number of hydrogen-bond donors (Lipinski definition) is 0. The van der Waals surface area contributed by atoms with E-state index in [0.717, 1.165) is 5.76 Å². The quantitative estimate of drug-likeness (QED) is 0.417. The zero-order valence-electron chi connectivity index (χ0n) is 6.35. The molecule has 0 radical (unpaired) electrons. The summed E-state index contributed by atoms with van der Waals surface area (Å²) in [5.74, 6) is 0.917. The van der Waals surface area contributed by atoms with Gasteiger partial charge in [0.05, 0.1) is 11.9 Å². The first kappa shape index (κ1) is 8.28. The van der Waals surface area contributed by atoms with Crippen LogP contribution < -0.4 is 0 Å². The van der Waals surface area contributed by atoms with E-state index in [1.165, 1.54) is 0 Å². The van der Waals surface area contributed by atoms with Gasteiger partial charge in [0, 0.05) is 0 Å². The Bertz CT molecular complexity index is 112. The van der Waals surface area contributed by atoms with Crippen LogP contribution in [0.5, 0.6) is 0 Å². The minimum absolute atomic E-state index is 0.265. The zero-order chi connectivity index (χ0) is 7.28. The average Bonchev–Trinajstić information content (AvgIpc) is 1.63. The van der Waals surface area contributed by atoms with Gasteiger partial charge in [-0.15, -0.1) is 0 Å². The van der Waals surface area contributed by atoms with E-state index < -0.39 is 0 Å². The second-order valence-electron chi connectivity index (χ2n) is 2.18. The molecule has 0 aromatic carbocycles. The van der Waals surface area contributed by atoms with Crippen LogP contribution in [-0.4, -0.2) is 6.10 Å². The molecule has 0 aromatic heterocycles. The van der Waals surface area contributed by atoms with Gasteiger partial charge in [0.2, 0.25) is 0 Å². The van der Waals surface area contributed by atoms with Crippen LogP contribution in [0.2, 0.25) is 0 Å². The van der Waals surface area contributed by atoms with Gasteiger partial charge in [0.25, 0.3) is 0 Å². The fraction of sp³-hybridized carbons (Fsp3) is 0.500. The monoisotopic (exact) mass is 126 g/mol. The molecule has 9 heavy (non-hydrogen) atoms. The molecule has 0 saturated heterocycles. The van der Waals surface area contributed by atoms with Gasteiger partial charge in [-0.25, -0.2) is 0 Å². The van der Waals surface area contributed by atoms with E-state index in [2.05, 4.69) is 6.58 Å². The van der Waals surface area contributed by atoms with Crippen molar-refractivity contribution < 1.29 is 4.74 Å². The van der Waals surface area contributed by atoms with Crippen molar-refractivity contribution in [1.29, 1.82) is 0 Å². The lowest BCUT2D eigenvalue weighted by Crippen LogP contribution is -1.99. The lowest BCUT2D eigenvalue weighted by Gasteiger charge is -2.07. The predicted octanol–water partition coefficient (Wildman–Crippen LogP) is 2.50. The molecule has 0 amide bonds. The SMILES string of the molecule is C=CC=C(C)OC(C)C. The highest BCUT2D eigenvalue weighted by Gasteiger charge is 1.90. The van der Waals surface area contributed by atoms with Crippen LogP contribution in [-0.2, 0) is 4.74 Å². The van der Waals surface area contributed by atoms with Crippen LogP contribution in [0.4, 0.5) is 0 Å². The minimum atomic E-state index is 0.265. The molecule has 1 heteroatoms. The van der Waals surface area contributed by atoms with Gasteiger partial charge in [-0.3, -0.25) is 0 Å². The van der Waals surface area contributed by atoms with E-state index >= 15 is 0 Å². The topological polar surface area (TPSA) is 9.23 Å². The predicted molar refractivity (Wildman–Crippen MR) is 40.2 cm³/mol. The molecule has 0 saturated carbocycles. The first-order valence-corrected chi connectivity index (χ1v) is 3.12. The molecule has 0 aromatic rings. The summed E-state index contributed by atoms with van der Waals surface area (Å²) in [6.45, 7) is 9.47. The second kappa shape index (κ2) is 4.19. The van der Waals surface area contributed by atoms with Crippen molar-refractivity contribution >= 4 is 0 Å². The van der Waals surface area contributed by atoms with Crippen LogP contribution in [0.1, 0.15) is 20.8 Å². The highest BCUT2D eigenvalue weighted by molar-refractivity contribution is 5.01. The Morgan fingerprint density at radius 1 is 1.56 bits per heavy atom. The van der Waals surface area contributed by atoms with Crippen LogP contribution in [0, 0.1) is 0 Å². The summed E-state index contributed by atoms with van der Waals surface area (Å²) >= 11 is 0. The summed E-state index contributed by atoms with van der Waals surface area (Å²) in [4.78, 5) is 0. The maximum Gasteiger partial charge on any atom is 0.0932 e. The van der Waals surface area contributed by atoms with E-state index in [9.17, 15) is 0 Å². The summed E-state index contributed by atoms with van der Waals surface area (Å²) < 4.78 is 5.28. The molecule has 52 valence electrons. The van der Waals surface area contributed by atoms with Gasteiger partial charge in [0.15, 0.2) is 0 Å². The zero-order valence-corrected chi connectivity index (χ0v) is 6.35. The minimum Gasteiger partial charge on any atom is -0.496 e. The Labute approximate surface area is 57.0 Å². The fourth-order valence-corrected chi connectivity index (χ4v) is 0.577. The summed E-state index contributed by atoms with van der Waals surface area (Å²) in [5.41, 5.74) is 0. The molecule has 0 aliphatic carbocycles. The third-order valence-electron chi connectivity index (χ3n) is 0.774. The standard InChI is InChI=1S/C8H14O/c1-5-6-8(4)9-7(2)3/h5-7H,1H2,2-4H3. The van der Waals surface area contributed by atoms with Crippen LogP contribution in [0.3, 0.4) is 0 Å². The van der Waals surface area contributed by atoms with Crippen LogP contribution in [0.15, 0.2) is 24.5 Å². The van der Waals surface area contributed by atoms with E-state index in [4.69, 9.17) is 4.74 Å². The van der Waals surface area contributed by atoms with E-state index in [1.807, 2.05) is 26.8 Å². The molecule has 0 N–H and O–H groups in total. The summed E-state index contributed by atoms with van der Waals surface area (Å²) in [6.07, 6.45) is 3.83. The van der Waals surface area contributed by atoms with Crippen molar-refractivity contribution in [2.24, 2.45) is 0 Å². The molecule has 0 unspecified atom stereocenters. The molecule has 0 aliphatic heterocycles. The number of rotatable bonds is 3. The molecule has 0 heterocycles. The number of hydrogen-bond acceptors (Lipinski definition) is 1. The number of allylic oxidation sites excluding steroid dienone is 3. The fourth-order valence-electron chi connectivity index (χ4n) is 0.577. The number of ether oxygens (including phenoxy) is 1. The van der Waals surface area contributed by atoms with Gasteiger partial charge in [-0.2, -0.15) is 0 Å². The van der Waals surface area contributed by atoms with Crippen LogP contribution >= 0.6 is 0 Å². The lowest BCUT2D eigenvalue weighted by molar-refractivity contribution is 0.149. The first-order valence-electron chi connectivity index (χ1n) is 3.12. The molecule has 0 fully saturated rings. The van der Waals surface area contributed by atoms with Gasteiger partial charge in [-0.1, -0.05) is 12.7 Å². The maximum absolute atomic E-state index is 5.28. The normalized spacial score (nSPS) is 11.8. The van der Waals surface area contributed by atoms with Crippen molar-refractivity contribution in [3.05, 3.63) is 24.5 Å². The molecule has 0 spiro atoms. The first-order chi connectivity index (χ1) is 4.16. The summed E-state index contributed by atoms with van der Waals surface area (Å²) in [5, 5.41) is 0. The van der Waals surface area contributed by atoms with Crippen molar-refractivity contribution in [3.63, 3.8) is 0 Å². The Hall–Kier alpha value is -0.720. The van der Waals surface area contributed by atoms with Gasteiger partial charge in [0.1, 0.15) is 0 Å². The Morgan fingerprint density at radius 3 is 2.44 bits per heavy atom. The third kappa shape index (κ3) is 5.15. The van der Waals surface area contributed by atoms with Crippen molar-refractivity contribution in [1.82, 2.24) is 0 Å². The molecule has 1 nitrogen and oxygen atoms in total. The van der Waals surface area contributed by atoms with Crippen LogP contribution in [0.25, 0.3) is 0 Å². The Kier molecular flexibility index (Phi) is 3.85. The van der Waals surface area contributed by atoms with E-state index in [0.29, 0.717) is 0 Å². The molecular weight excluding hydrogens is 112 g/mol. The third-order valence-corrected chi connectivity index (χ3v) is 0.774. The highest BCUT2D eigenvalue weighted by Crippen LogP contribution is 1.99. The van der Waals surface area contributed by atoms with Gasteiger partial charge in [-0.05, 0) is 26.8 Å². The molecule has 0 rings (SSSR count). The van der Waals surface area contributed by atoms with E-state index in [1.54, 1.807) is 6.08 Å². The van der Waals surface area contributed by atoms with Gasteiger partial charge < -0.3 is 4.74 Å². The molecular formula is C8H14O. The van der Waals surface area contributed by atoms with Crippen molar-refractivity contribution in [2.75, 3.05) is 0 Å². The highest BCUT2D eigenvalue weighted by atomic mass is 16.5. The summed E-state index contributed by atoms with van der Waals surface area (Å²) in [6, 6.07) is 0. The summed E-state index contributed by atoms with van der Waals surface area (Å²) in [7, 11) is 0. The smallest absolute Gasteiger partial charge is 0.0932 e. The maximum atomic E-state index is 5.28.